The Labute approximate surface area is 113 Å². The van der Waals surface area contributed by atoms with E-state index in [9.17, 15) is 0 Å². The van der Waals surface area contributed by atoms with Crippen LogP contribution in [0.25, 0.3) is 0 Å². The van der Waals surface area contributed by atoms with Crippen molar-refractivity contribution in [1.29, 1.82) is 0 Å². The second-order valence-corrected chi connectivity index (χ2v) is 4.97. The van der Waals surface area contributed by atoms with E-state index in [-0.39, 0.29) is 5.54 Å². The summed E-state index contributed by atoms with van der Waals surface area (Å²) in [6.45, 7) is 4.38. The van der Waals surface area contributed by atoms with Gasteiger partial charge in [-0.2, -0.15) is 4.98 Å². The minimum atomic E-state index is -0.0188. The molecule has 1 saturated heterocycles. The number of aryl methyl sites for hydroxylation is 1. The average Bonchev–Trinajstić information content (AvgIpc) is 2.85. The lowest BCUT2D eigenvalue weighted by atomic mass is 9.99. The normalized spacial score (nSPS) is 22.5. The molecule has 2 N–H and O–H groups in total. The predicted molar refractivity (Wildman–Crippen MR) is 73.7 cm³/mol. The van der Waals surface area contributed by atoms with Gasteiger partial charge in [-0.25, -0.2) is 4.98 Å². The molecule has 0 bridgehead atoms. The van der Waals surface area contributed by atoms with Crippen LogP contribution in [0, 0.1) is 6.92 Å². The van der Waals surface area contributed by atoms with Crippen LogP contribution in [-0.2, 0) is 4.74 Å². The highest BCUT2D eigenvalue weighted by atomic mass is 16.5. The second kappa shape index (κ2) is 6.16. The standard InChI is InChI=1S/C13H22N4O2/c1-10-7-11(19-3)17-12(16-10)14-8-13(9-18-2)5-4-6-15-13/h7,15H,4-6,8-9H2,1-3H3,(H,14,16,17). The minimum Gasteiger partial charge on any atom is -0.481 e. The van der Waals surface area contributed by atoms with E-state index in [0.29, 0.717) is 18.4 Å². The highest BCUT2D eigenvalue weighted by Crippen LogP contribution is 2.20. The van der Waals surface area contributed by atoms with Crippen molar-refractivity contribution in [3.8, 4) is 5.88 Å². The molecule has 2 heterocycles. The molecule has 0 aliphatic carbocycles. The molecule has 1 aromatic heterocycles. The van der Waals surface area contributed by atoms with Gasteiger partial charge in [-0.3, -0.25) is 0 Å². The molecule has 6 heteroatoms. The molecule has 1 aliphatic heterocycles. The Balaban J connectivity index is 2.02. The molecule has 2 rings (SSSR count). The van der Waals surface area contributed by atoms with Crippen LogP contribution in [0.2, 0.25) is 0 Å². The fourth-order valence-corrected chi connectivity index (χ4v) is 2.44. The zero-order valence-electron chi connectivity index (χ0n) is 11.8. The summed E-state index contributed by atoms with van der Waals surface area (Å²) in [5, 5.41) is 6.79. The van der Waals surface area contributed by atoms with E-state index in [1.165, 1.54) is 6.42 Å². The molecular weight excluding hydrogens is 244 g/mol. The molecule has 1 unspecified atom stereocenters. The van der Waals surface area contributed by atoms with Crippen molar-refractivity contribution in [2.45, 2.75) is 25.3 Å². The summed E-state index contributed by atoms with van der Waals surface area (Å²) < 4.78 is 10.5. The molecule has 0 saturated carbocycles. The molecule has 0 radical (unpaired) electrons. The third kappa shape index (κ3) is 3.54. The Morgan fingerprint density at radius 3 is 2.89 bits per heavy atom. The van der Waals surface area contributed by atoms with Gasteiger partial charge in [0.05, 0.1) is 19.3 Å². The molecule has 0 aromatic carbocycles. The van der Waals surface area contributed by atoms with Crippen molar-refractivity contribution in [1.82, 2.24) is 15.3 Å². The first-order valence-electron chi connectivity index (χ1n) is 6.55. The highest BCUT2D eigenvalue weighted by molar-refractivity contribution is 5.31. The van der Waals surface area contributed by atoms with Crippen LogP contribution in [0.4, 0.5) is 5.95 Å². The molecule has 1 aromatic rings. The fourth-order valence-electron chi connectivity index (χ4n) is 2.44. The first kappa shape index (κ1) is 14.0. The number of methoxy groups -OCH3 is 2. The van der Waals surface area contributed by atoms with Gasteiger partial charge in [-0.15, -0.1) is 0 Å². The van der Waals surface area contributed by atoms with Crippen LogP contribution in [0.1, 0.15) is 18.5 Å². The van der Waals surface area contributed by atoms with Gasteiger partial charge in [0, 0.05) is 25.4 Å². The lowest BCUT2D eigenvalue weighted by molar-refractivity contribution is 0.127. The van der Waals surface area contributed by atoms with Crippen LogP contribution in [0.15, 0.2) is 6.07 Å². The first-order chi connectivity index (χ1) is 9.17. The van der Waals surface area contributed by atoms with Crippen LogP contribution in [0.3, 0.4) is 0 Å². The van der Waals surface area contributed by atoms with Crippen molar-refractivity contribution in [2.75, 3.05) is 39.2 Å². The number of ether oxygens (including phenoxy) is 2. The average molecular weight is 266 g/mol. The van der Waals surface area contributed by atoms with E-state index in [4.69, 9.17) is 9.47 Å². The topological polar surface area (TPSA) is 68.3 Å². The number of hydrogen-bond acceptors (Lipinski definition) is 6. The molecule has 1 fully saturated rings. The molecule has 1 aliphatic rings. The summed E-state index contributed by atoms with van der Waals surface area (Å²) in [6, 6.07) is 1.81. The Hall–Kier alpha value is -1.40. The third-order valence-corrected chi connectivity index (χ3v) is 3.38. The minimum absolute atomic E-state index is 0.0188. The lowest BCUT2D eigenvalue weighted by Gasteiger charge is -2.29. The Morgan fingerprint density at radius 2 is 2.26 bits per heavy atom. The zero-order chi connectivity index (χ0) is 13.7. The van der Waals surface area contributed by atoms with E-state index >= 15 is 0 Å². The number of rotatable bonds is 6. The summed E-state index contributed by atoms with van der Waals surface area (Å²) in [5.74, 6) is 1.18. The molecule has 106 valence electrons. The summed E-state index contributed by atoms with van der Waals surface area (Å²) in [4.78, 5) is 8.65. The second-order valence-electron chi connectivity index (χ2n) is 4.97. The maximum absolute atomic E-state index is 5.32. The van der Waals surface area contributed by atoms with Crippen molar-refractivity contribution >= 4 is 5.95 Å². The molecule has 6 nitrogen and oxygen atoms in total. The monoisotopic (exact) mass is 266 g/mol. The molecule has 0 spiro atoms. The van der Waals surface area contributed by atoms with Gasteiger partial charge in [0.1, 0.15) is 0 Å². The predicted octanol–water partition coefficient (Wildman–Crippen LogP) is 0.974. The van der Waals surface area contributed by atoms with E-state index in [1.54, 1.807) is 14.2 Å². The van der Waals surface area contributed by atoms with Gasteiger partial charge < -0.3 is 20.1 Å². The molecule has 1 atom stereocenters. The van der Waals surface area contributed by atoms with Crippen molar-refractivity contribution < 1.29 is 9.47 Å². The number of anilines is 1. The van der Waals surface area contributed by atoms with Gasteiger partial charge in [0.2, 0.25) is 11.8 Å². The Bertz CT molecular complexity index is 419. The van der Waals surface area contributed by atoms with Gasteiger partial charge in [-0.05, 0) is 26.3 Å². The summed E-state index contributed by atoms with van der Waals surface area (Å²) >= 11 is 0. The van der Waals surface area contributed by atoms with Crippen LogP contribution >= 0.6 is 0 Å². The summed E-state index contributed by atoms with van der Waals surface area (Å²) in [7, 11) is 3.34. The Kier molecular flexibility index (Phi) is 4.55. The van der Waals surface area contributed by atoms with E-state index in [0.717, 1.165) is 25.2 Å². The zero-order valence-corrected chi connectivity index (χ0v) is 11.8. The van der Waals surface area contributed by atoms with E-state index < -0.39 is 0 Å². The number of nitrogens with one attached hydrogen (secondary N) is 2. The first-order valence-corrected chi connectivity index (χ1v) is 6.55. The van der Waals surface area contributed by atoms with Crippen LogP contribution in [-0.4, -0.2) is 49.4 Å². The van der Waals surface area contributed by atoms with Crippen molar-refractivity contribution in [3.63, 3.8) is 0 Å². The molecule has 19 heavy (non-hydrogen) atoms. The van der Waals surface area contributed by atoms with Gasteiger partial charge >= 0.3 is 0 Å². The molecular formula is C13H22N4O2. The lowest BCUT2D eigenvalue weighted by Crippen LogP contribution is -2.49. The quantitative estimate of drug-likeness (QED) is 0.800. The van der Waals surface area contributed by atoms with Crippen LogP contribution < -0.4 is 15.4 Å². The number of aromatic nitrogens is 2. The number of hydrogen-bond donors (Lipinski definition) is 2. The van der Waals surface area contributed by atoms with Crippen molar-refractivity contribution in [2.24, 2.45) is 0 Å². The number of nitrogens with zero attached hydrogens (tertiary/aromatic N) is 2. The maximum atomic E-state index is 5.32. The highest BCUT2D eigenvalue weighted by Gasteiger charge is 2.33. The summed E-state index contributed by atoms with van der Waals surface area (Å²) in [5.41, 5.74) is 0.865. The van der Waals surface area contributed by atoms with E-state index in [2.05, 4.69) is 20.6 Å². The third-order valence-electron chi connectivity index (χ3n) is 3.38. The smallest absolute Gasteiger partial charge is 0.226 e. The van der Waals surface area contributed by atoms with Gasteiger partial charge in [0.15, 0.2) is 0 Å². The molecule has 0 amide bonds. The SMILES string of the molecule is COCC1(CNc2nc(C)cc(OC)n2)CCCN1. The fraction of sp³-hybridized carbons (Fsp3) is 0.692. The van der Waals surface area contributed by atoms with Gasteiger partial charge in [-0.1, -0.05) is 0 Å². The largest absolute Gasteiger partial charge is 0.481 e. The van der Waals surface area contributed by atoms with Crippen LogP contribution in [0.5, 0.6) is 5.88 Å². The maximum Gasteiger partial charge on any atom is 0.226 e. The Morgan fingerprint density at radius 1 is 1.42 bits per heavy atom. The van der Waals surface area contributed by atoms with E-state index in [1.807, 2.05) is 13.0 Å². The van der Waals surface area contributed by atoms with Crippen molar-refractivity contribution in [3.05, 3.63) is 11.8 Å². The summed E-state index contributed by atoms with van der Waals surface area (Å²) in [6.07, 6.45) is 2.26. The van der Waals surface area contributed by atoms with Gasteiger partial charge in [0.25, 0.3) is 0 Å².